The van der Waals surface area contributed by atoms with E-state index in [1.54, 1.807) is 24.3 Å². The molecule has 0 aromatic heterocycles. The Morgan fingerprint density at radius 1 is 0.852 bits per heavy atom. The second-order valence-corrected chi connectivity index (χ2v) is 6.81. The number of carbonyl (C=O) groups is 1. The maximum atomic E-state index is 11.2. The minimum Gasteiger partial charge on any atom is -0.488 e. The molecule has 4 rings (SSSR count). The molecule has 4 heteroatoms. The van der Waals surface area contributed by atoms with Crippen LogP contribution >= 0.6 is 0 Å². The van der Waals surface area contributed by atoms with Crippen LogP contribution in [0, 0.1) is 0 Å². The molecule has 1 saturated heterocycles. The predicted molar refractivity (Wildman–Crippen MR) is 106 cm³/mol. The summed E-state index contributed by atoms with van der Waals surface area (Å²) in [6, 6.07) is 28.3. The monoisotopic (exact) mass is 358 g/mol. The summed E-state index contributed by atoms with van der Waals surface area (Å²) in [5, 5.41) is 0. The van der Waals surface area contributed by atoms with Crippen molar-refractivity contribution in [3.8, 4) is 5.75 Å². The van der Waals surface area contributed by atoms with Crippen molar-refractivity contribution in [1.82, 2.24) is 4.90 Å². The number of amides is 1. The zero-order valence-electron chi connectivity index (χ0n) is 15.0. The first-order valence-corrected chi connectivity index (χ1v) is 9.11. The first-order valence-electron chi connectivity index (χ1n) is 9.11. The van der Waals surface area contributed by atoms with Crippen molar-refractivity contribution < 1.29 is 9.53 Å². The van der Waals surface area contributed by atoms with Gasteiger partial charge < -0.3 is 10.5 Å². The lowest BCUT2D eigenvalue weighted by atomic mass is 9.94. The zero-order chi connectivity index (χ0) is 18.6. The van der Waals surface area contributed by atoms with Gasteiger partial charge in [0.05, 0.1) is 6.04 Å². The number of hydrogen-bond acceptors (Lipinski definition) is 3. The average Bonchev–Trinajstić information content (AvgIpc) is 2.68. The number of nitrogens with zero attached hydrogens (tertiary/aromatic N) is 1. The quantitative estimate of drug-likeness (QED) is 0.732. The molecule has 2 N–H and O–H groups in total. The number of likely N-dealkylation sites (tertiary alicyclic amines) is 1. The zero-order valence-corrected chi connectivity index (χ0v) is 15.0. The highest BCUT2D eigenvalue weighted by Crippen LogP contribution is 2.33. The summed E-state index contributed by atoms with van der Waals surface area (Å²) < 4.78 is 6.04. The lowest BCUT2D eigenvalue weighted by molar-refractivity contribution is 0.000288. The molecule has 0 aliphatic carbocycles. The number of primary amides is 1. The first kappa shape index (κ1) is 17.3. The van der Waals surface area contributed by atoms with E-state index in [-0.39, 0.29) is 12.1 Å². The van der Waals surface area contributed by atoms with Crippen molar-refractivity contribution in [2.24, 2.45) is 5.73 Å². The van der Waals surface area contributed by atoms with E-state index >= 15 is 0 Å². The molecule has 27 heavy (non-hydrogen) atoms. The molecule has 1 fully saturated rings. The average molecular weight is 358 g/mol. The number of rotatable bonds is 6. The van der Waals surface area contributed by atoms with Crippen molar-refractivity contribution in [3.05, 3.63) is 102 Å². The molecule has 1 aliphatic heterocycles. The number of hydrogen-bond donors (Lipinski definition) is 1. The summed E-state index contributed by atoms with van der Waals surface area (Å²) in [7, 11) is 0. The van der Waals surface area contributed by atoms with E-state index in [0.29, 0.717) is 5.56 Å². The molecule has 0 atom stereocenters. The molecule has 4 nitrogen and oxygen atoms in total. The molecule has 1 aliphatic rings. The Kier molecular flexibility index (Phi) is 4.90. The molecule has 0 radical (unpaired) electrons. The first-order chi connectivity index (χ1) is 13.2. The summed E-state index contributed by atoms with van der Waals surface area (Å²) in [4.78, 5) is 13.6. The van der Waals surface area contributed by atoms with E-state index in [0.717, 1.165) is 18.8 Å². The fourth-order valence-electron chi connectivity index (χ4n) is 3.53. The predicted octanol–water partition coefficient (Wildman–Crippen LogP) is 3.64. The van der Waals surface area contributed by atoms with Gasteiger partial charge in [-0.25, -0.2) is 0 Å². The van der Waals surface area contributed by atoms with Gasteiger partial charge in [0.1, 0.15) is 11.9 Å². The third-order valence-corrected chi connectivity index (χ3v) is 4.91. The van der Waals surface area contributed by atoms with Crippen molar-refractivity contribution in [2.75, 3.05) is 13.1 Å². The van der Waals surface area contributed by atoms with Crippen LogP contribution in [0.2, 0.25) is 0 Å². The molecule has 0 saturated carbocycles. The van der Waals surface area contributed by atoms with Crippen LogP contribution in [-0.4, -0.2) is 30.0 Å². The maximum absolute atomic E-state index is 11.2. The molecule has 0 bridgehead atoms. The summed E-state index contributed by atoms with van der Waals surface area (Å²) in [5.41, 5.74) is 8.34. The minimum absolute atomic E-state index is 0.138. The van der Waals surface area contributed by atoms with Gasteiger partial charge in [0, 0.05) is 18.7 Å². The third kappa shape index (κ3) is 3.86. The Labute approximate surface area is 159 Å². The van der Waals surface area contributed by atoms with Gasteiger partial charge in [-0.15, -0.1) is 0 Å². The summed E-state index contributed by atoms with van der Waals surface area (Å²) in [6.07, 6.45) is 0.138. The van der Waals surface area contributed by atoms with Crippen LogP contribution in [-0.2, 0) is 0 Å². The number of nitrogens with two attached hydrogens (primary N) is 1. The van der Waals surface area contributed by atoms with Crippen LogP contribution in [0.4, 0.5) is 0 Å². The largest absolute Gasteiger partial charge is 0.488 e. The van der Waals surface area contributed by atoms with E-state index in [9.17, 15) is 4.79 Å². The maximum Gasteiger partial charge on any atom is 0.248 e. The number of carbonyl (C=O) groups excluding carboxylic acids is 1. The van der Waals surface area contributed by atoms with Crippen LogP contribution in [0.1, 0.15) is 27.5 Å². The lowest BCUT2D eigenvalue weighted by Gasteiger charge is -2.44. The smallest absolute Gasteiger partial charge is 0.248 e. The molecule has 136 valence electrons. The van der Waals surface area contributed by atoms with Crippen molar-refractivity contribution >= 4 is 5.91 Å². The lowest BCUT2D eigenvalue weighted by Crippen LogP contribution is -2.55. The topological polar surface area (TPSA) is 55.6 Å². The minimum atomic E-state index is -0.426. The molecule has 1 amide bonds. The van der Waals surface area contributed by atoms with E-state index in [1.807, 2.05) is 12.1 Å². The van der Waals surface area contributed by atoms with Crippen molar-refractivity contribution in [2.45, 2.75) is 12.1 Å². The molecule has 0 unspecified atom stereocenters. The SMILES string of the molecule is NC(=O)c1ccc(OC2CN(C(c3ccccc3)c3ccccc3)C2)cc1. The Morgan fingerprint density at radius 3 is 1.85 bits per heavy atom. The molecule has 3 aromatic carbocycles. The normalized spacial score (nSPS) is 14.7. The van der Waals surface area contributed by atoms with Gasteiger partial charge in [0.15, 0.2) is 0 Å². The molecule has 1 heterocycles. The van der Waals surface area contributed by atoms with E-state index < -0.39 is 5.91 Å². The van der Waals surface area contributed by atoms with Crippen LogP contribution in [0.5, 0.6) is 5.75 Å². The molecule has 3 aromatic rings. The molecular formula is C23H22N2O2. The third-order valence-electron chi connectivity index (χ3n) is 4.91. The second kappa shape index (κ2) is 7.64. The Balaban J connectivity index is 1.45. The van der Waals surface area contributed by atoms with Crippen LogP contribution in [0.3, 0.4) is 0 Å². The molecule has 0 spiro atoms. The Hall–Kier alpha value is -3.11. The van der Waals surface area contributed by atoms with Gasteiger partial charge in [-0.2, -0.15) is 0 Å². The Morgan fingerprint density at radius 2 is 1.37 bits per heavy atom. The fraction of sp³-hybridized carbons (Fsp3) is 0.174. The highest BCUT2D eigenvalue weighted by molar-refractivity contribution is 5.92. The van der Waals surface area contributed by atoms with E-state index in [4.69, 9.17) is 10.5 Å². The van der Waals surface area contributed by atoms with Gasteiger partial charge in [0.25, 0.3) is 0 Å². The molecular weight excluding hydrogens is 336 g/mol. The van der Waals surface area contributed by atoms with Crippen LogP contribution in [0.15, 0.2) is 84.9 Å². The second-order valence-electron chi connectivity index (χ2n) is 6.81. The fourth-order valence-corrected chi connectivity index (χ4v) is 3.53. The highest BCUT2D eigenvalue weighted by Gasteiger charge is 2.35. The van der Waals surface area contributed by atoms with Gasteiger partial charge >= 0.3 is 0 Å². The standard InChI is InChI=1S/C23H22N2O2/c24-23(26)19-11-13-20(14-12-19)27-21-15-25(16-21)22(17-7-3-1-4-8-17)18-9-5-2-6-10-18/h1-14,21-22H,15-16H2,(H2,24,26). The van der Waals surface area contributed by atoms with E-state index in [1.165, 1.54) is 11.1 Å². The number of benzene rings is 3. The van der Waals surface area contributed by atoms with Crippen molar-refractivity contribution in [3.63, 3.8) is 0 Å². The van der Waals surface area contributed by atoms with Gasteiger partial charge in [-0.1, -0.05) is 60.7 Å². The van der Waals surface area contributed by atoms with Crippen LogP contribution in [0.25, 0.3) is 0 Å². The summed E-state index contributed by atoms with van der Waals surface area (Å²) in [6.45, 7) is 1.71. The Bertz CT molecular complexity index is 849. The highest BCUT2D eigenvalue weighted by atomic mass is 16.5. The van der Waals surface area contributed by atoms with E-state index in [2.05, 4.69) is 53.4 Å². The van der Waals surface area contributed by atoms with Gasteiger partial charge in [0.2, 0.25) is 5.91 Å². The van der Waals surface area contributed by atoms with Crippen molar-refractivity contribution in [1.29, 1.82) is 0 Å². The van der Waals surface area contributed by atoms with Gasteiger partial charge in [-0.3, -0.25) is 9.69 Å². The summed E-state index contributed by atoms with van der Waals surface area (Å²) in [5.74, 6) is 0.338. The number of ether oxygens (including phenoxy) is 1. The summed E-state index contributed by atoms with van der Waals surface area (Å²) >= 11 is 0. The van der Waals surface area contributed by atoms with Crippen LogP contribution < -0.4 is 10.5 Å². The van der Waals surface area contributed by atoms with Gasteiger partial charge in [-0.05, 0) is 35.4 Å².